The standard InChI is InChI=1S/C16H25N3O3/c1-4-22-15(20)10-7-11-18-16(17-2)19-12-13-8-5-6-9-14(13)21-3/h5-6,8-9H,4,7,10-12H2,1-3H3,(H2,17,18,19). The lowest BCUT2D eigenvalue weighted by atomic mass is 10.2. The second kappa shape index (κ2) is 10.5. The molecule has 2 N–H and O–H groups in total. The highest BCUT2D eigenvalue weighted by molar-refractivity contribution is 5.79. The van der Waals surface area contributed by atoms with Gasteiger partial charge in [-0.3, -0.25) is 9.79 Å². The highest BCUT2D eigenvalue weighted by Gasteiger charge is 2.04. The quantitative estimate of drug-likeness (QED) is 0.331. The van der Waals surface area contributed by atoms with Gasteiger partial charge in [-0.2, -0.15) is 0 Å². The first-order valence-corrected chi connectivity index (χ1v) is 7.43. The Kier molecular flexibility index (Phi) is 8.49. The van der Waals surface area contributed by atoms with Gasteiger partial charge in [-0.25, -0.2) is 0 Å². The smallest absolute Gasteiger partial charge is 0.305 e. The van der Waals surface area contributed by atoms with Gasteiger partial charge >= 0.3 is 5.97 Å². The highest BCUT2D eigenvalue weighted by Crippen LogP contribution is 2.16. The lowest BCUT2D eigenvalue weighted by Gasteiger charge is -2.13. The Morgan fingerprint density at radius 3 is 2.73 bits per heavy atom. The molecular formula is C16H25N3O3. The van der Waals surface area contributed by atoms with Gasteiger partial charge in [0.25, 0.3) is 0 Å². The van der Waals surface area contributed by atoms with Gasteiger partial charge in [0.2, 0.25) is 0 Å². The van der Waals surface area contributed by atoms with Crippen LogP contribution in [0.15, 0.2) is 29.3 Å². The van der Waals surface area contributed by atoms with E-state index in [1.807, 2.05) is 24.3 Å². The number of benzene rings is 1. The number of carbonyl (C=O) groups excluding carboxylic acids is 1. The van der Waals surface area contributed by atoms with Gasteiger partial charge < -0.3 is 20.1 Å². The number of para-hydroxylation sites is 1. The van der Waals surface area contributed by atoms with Crippen LogP contribution in [0.1, 0.15) is 25.3 Å². The van der Waals surface area contributed by atoms with Crippen molar-refractivity contribution in [3.05, 3.63) is 29.8 Å². The van der Waals surface area contributed by atoms with E-state index >= 15 is 0 Å². The molecule has 0 bridgehead atoms. The molecule has 6 nitrogen and oxygen atoms in total. The minimum atomic E-state index is -0.165. The van der Waals surface area contributed by atoms with E-state index in [1.54, 1.807) is 21.1 Å². The van der Waals surface area contributed by atoms with Crippen LogP contribution in [0.5, 0.6) is 5.75 Å². The number of hydrogen-bond donors (Lipinski definition) is 2. The number of carbonyl (C=O) groups is 1. The van der Waals surface area contributed by atoms with Crippen molar-refractivity contribution in [2.45, 2.75) is 26.3 Å². The molecule has 0 atom stereocenters. The van der Waals surface area contributed by atoms with Crippen molar-refractivity contribution in [3.8, 4) is 5.75 Å². The molecule has 0 fully saturated rings. The van der Waals surface area contributed by atoms with E-state index in [2.05, 4.69) is 15.6 Å². The fourth-order valence-electron chi connectivity index (χ4n) is 1.92. The SMILES string of the molecule is CCOC(=O)CCCNC(=NC)NCc1ccccc1OC. The molecule has 0 spiro atoms. The fourth-order valence-corrected chi connectivity index (χ4v) is 1.92. The van der Waals surface area contributed by atoms with E-state index in [0.29, 0.717) is 38.5 Å². The van der Waals surface area contributed by atoms with Crippen molar-refractivity contribution >= 4 is 11.9 Å². The van der Waals surface area contributed by atoms with Crippen molar-refractivity contribution < 1.29 is 14.3 Å². The number of guanidine groups is 1. The number of nitrogens with zero attached hydrogens (tertiary/aromatic N) is 1. The van der Waals surface area contributed by atoms with Crippen LogP contribution < -0.4 is 15.4 Å². The van der Waals surface area contributed by atoms with E-state index in [-0.39, 0.29) is 5.97 Å². The van der Waals surface area contributed by atoms with Gasteiger partial charge in [0.05, 0.1) is 13.7 Å². The third kappa shape index (κ3) is 6.47. The summed E-state index contributed by atoms with van der Waals surface area (Å²) in [7, 11) is 3.37. The van der Waals surface area contributed by atoms with Gasteiger partial charge in [0, 0.05) is 32.1 Å². The van der Waals surface area contributed by atoms with E-state index in [0.717, 1.165) is 11.3 Å². The first-order chi connectivity index (χ1) is 10.7. The molecule has 0 aliphatic rings. The first kappa shape index (κ1) is 17.8. The van der Waals surface area contributed by atoms with Crippen molar-refractivity contribution in [1.29, 1.82) is 0 Å². The molecule has 0 saturated carbocycles. The van der Waals surface area contributed by atoms with Crippen LogP contribution in [0, 0.1) is 0 Å². The number of ether oxygens (including phenoxy) is 2. The molecule has 1 aromatic rings. The van der Waals surface area contributed by atoms with Crippen LogP contribution in [-0.2, 0) is 16.1 Å². The maximum atomic E-state index is 11.2. The van der Waals surface area contributed by atoms with E-state index in [1.165, 1.54) is 0 Å². The molecule has 6 heteroatoms. The number of esters is 1. The van der Waals surface area contributed by atoms with Crippen molar-refractivity contribution in [2.75, 3.05) is 27.3 Å². The van der Waals surface area contributed by atoms with Crippen LogP contribution in [-0.4, -0.2) is 39.2 Å². The lowest BCUT2D eigenvalue weighted by molar-refractivity contribution is -0.143. The zero-order valence-corrected chi connectivity index (χ0v) is 13.5. The summed E-state index contributed by atoms with van der Waals surface area (Å²) in [5.74, 6) is 1.36. The van der Waals surface area contributed by atoms with Crippen LogP contribution in [0.25, 0.3) is 0 Å². The predicted octanol–water partition coefficient (Wildman–Crippen LogP) is 1.70. The Balaban J connectivity index is 2.32. The molecule has 0 saturated heterocycles. The zero-order valence-electron chi connectivity index (χ0n) is 13.5. The lowest BCUT2D eigenvalue weighted by Crippen LogP contribution is -2.37. The van der Waals surface area contributed by atoms with Gasteiger partial charge in [-0.15, -0.1) is 0 Å². The number of rotatable bonds is 8. The largest absolute Gasteiger partial charge is 0.496 e. The zero-order chi connectivity index (χ0) is 16.2. The molecule has 0 aromatic heterocycles. The minimum absolute atomic E-state index is 0.165. The Morgan fingerprint density at radius 2 is 2.05 bits per heavy atom. The molecule has 1 aromatic carbocycles. The average molecular weight is 307 g/mol. The average Bonchev–Trinajstić information content (AvgIpc) is 2.54. The number of methoxy groups -OCH3 is 1. The molecule has 122 valence electrons. The summed E-state index contributed by atoms with van der Waals surface area (Å²) < 4.78 is 10.2. The summed E-state index contributed by atoms with van der Waals surface area (Å²) in [5.41, 5.74) is 1.06. The van der Waals surface area contributed by atoms with Crippen molar-refractivity contribution in [2.24, 2.45) is 4.99 Å². The molecule has 0 radical (unpaired) electrons. The molecule has 0 aliphatic heterocycles. The van der Waals surface area contributed by atoms with Gasteiger partial charge in [-0.05, 0) is 19.4 Å². The Hall–Kier alpha value is -2.24. The normalized spacial score (nSPS) is 11.0. The Bertz CT molecular complexity index is 489. The second-order valence-corrected chi connectivity index (χ2v) is 4.57. The molecule has 22 heavy (non-hydrogen) atoms. The van der Waals surface area contributed by atoms with Crippen LogP contribution >= 0.6 is 0 Å². The molecule has 0 unspecified atom stereocenters. The third-order valence-corrected chi connectivity index (χ3v) is 3.02. The number of nitrogens with one attached hydrogen (secondary N) is 2. The highest BCUT2D eigenvalue weighted by atomic mass is 16.5. The molecule has 1 rings (SSSR count). The minimum Gasteiger partial charge on any atom is -0.496 e. The fraction of sp³-hybridized carbons (Fsp3) is 0.500. The monoisotopic (exact) mass is 307 g/mol. The first-order valence-electron chi connectivity index (χ1n) is 7.43. The molecule has 0 aliphatic carbocycles. The van der Waals surface area contributed by atoms with Gasteiger partial charge in [0.1, 0.15) is 5.75 Å². The van der Waals surface area contributed by atoms with Crippen LogP contribution in [0.4, 0.5) is 0 Å². The van der Waals surface area contributed by atoms with Crippen molar-refractivity contribution in [3.63, 3.8) is 0 Å². The molecule has 0 amide bonds. The van der Waals surface area contributed by atoms with Gasteiger partial charge in [-0.1, -0.05) is 18.2 Å². The Labute approximate surface area is 131 Å². The summed E-state index contributed by atoms with van der Waals surface area (Å²) in [4.78, 5) is 15.4. The van der Waals surface area contributed by atoms with Crippen LogP contribution in [0.2, 0.25) is 0 Å². The maximum absolute atomic E-state index is 11.2. The van der Waals surface area contributed by atoms with Crippen LogP contribution in [0.3, 0.4) is 0 Å². The van der Waals surface area contributed by atoms with Gasteiger partial charge in [0.15, 0.2) is 5.96 Å². The molecular weight excluding hydrogens is 282 g/mol. The summed E-state index contributed by atoms with van der Waals surface area (Å²) in [5, 5.41) is 6.38. The number of hydrogen-bond acceptors (Lipinski definition) is 4. The second-order valence-electron chi connectivity index (χ2n) is 4.57. The summed E-state index contributed by atoms with van der Waals surface area (Å²) in [6.07, 6.45) is 1.11. The van der Waals surface area contributed by atoms with E-state index in [4.69, 9.17) is 9.47 Å². The predicted molar refractivity (Wildman–Crippen MR) is 87.1 cm³/mol. The Morgan fingerprint density at radius 1 is 1.27 bits per heavy atom. The third-order valence-electron chi connectivity index (χ3n) is 3.02. The van der Waals surface area contributed by atoms with E-state index < -0.39 is 0 Å². The maximum Gasteiger partial charge on any atom is 0.305 e. The number of aliphatic imine (C=N–C) groups is 1. The van der Waals surface area contributed by atoms with E-state index in [9.17, 15) is 4.79 Å². The topological polar surface area (TPSA) is 72.0 Å². The molecule has 0 heterocycles. The van der Waals surface area contributed by atoms with Crippen molar-refractivity contribution in [1.82, 2.24) is 10.6 Å². The summed E-state index contributed by atoms with van der Waals surface area (Å²) >= 11 is 0. The summed E-state index contributed by atoms with van der Waals surface area (Å²) in [6, 6.07) is 7.83. The summed E-state index contributed by atoms with van der Waals surface area (Å²) in [6.45, 7) is 3.50.